The number of aromatic carboxylic acids is 1. The molecule has 0 radical (unpaired) electrons. The summed E-state index contributed by atoms with van der Waals surface area (Å²) in [5.41, 5.74) is -0.807. The maximum atomic E-state index is 13.4. The van der Waals surface area contributed by atoms with E-state index in [1.807, 2.05) is 0 Å². The van der Waals surface area contributed by atoms with Crippen LogP contribution < -0.4 is 10.6 Å². The molecule has 1 aromatic rings. The summed E-state index contributed by atoms with van der Waals surface area (Å²) in [6.45, 7) is 3.39. The molecular formula is C24H25I3N2O14. The van der Waals surface area contributed by atoms with E-state index in [2.05, 4.69) is 15.4 Å². The van der Waals surface area contributed by atoms with Crippen molar-refractivity contribution in [1.82, 2.24) is 5.32 Å². The van der Waals surface area contributed by atoms with Crippen LogP contribution >= 0.6 is 67.8 Å². The Balaban J connectivity index is 3.61. The topological polar surface area (TPSA) is 227 Å². The van der Waals surface area contributed by atoms with Gasteiger partial charge in [-0.2, -0.15) is 0 Å². The van der Waals surface area contributed by atoms with Gasteiger partial charge in [0.05, 0.1) is 37.6 Å². The van der Waals surface area contributed by atoms with Gasteiger partial charge < -0.3 is 39.4 Å². The zero-order valence-electron chi connectivity index (χ0n) is 23.0. The Hall–Kier alpha value is -2.83. The van der Waals surface area contributed by atoms with Crippen LogP contribution in [-0.4, -0.2) is 91.3 Å². The predicted octanol–water partition coefficient (Wildman–Crippen LogP) is 1.40. The van der Waals surface area contributed by atoms with Crippen LogP contribution in [0.25, 0.3) is 0 Å². The fourth-order valence-electron chi connectivity index (χ4n) is 3.19. The van der Waals surface area contributed by atoms with E-state index in [4.69, 9.17) is 18.9 Å². The standard InChI is InChI=1S/C24H25I3N2O14/c1-8(30)40-7-12(41-9(2)31)6-28-21(34)13-15(25)14(23(36)37)17(27)18(16(13)26)29-22(35)19(42-10(3)32)20(24(38)39-5)43-11(4)33/h12,19-20H,6-7H2,1-5H3,(H,28,34)(H,29,35)(H,36,37). The van der Waals surface area contributed by atoms with Gasteiger partial charge in [0.1, 0.15) is 6.61 Å². The van der Waals surface area contributed by atoms with Crippen LogP contribution in [0.3, 0.4) is 0 Å². The molecule has 43 heavy (non-hydrogen) atoms. The average Bonchev–Trinajstić information content (AvgIpc) is 2.88. The van der Waals surface area contributed by atoms with Crippen molar-refractivity contribution in [3.8, 4) is 0 Å². The Bertz CT molecular complexity index is 1330. The maximum absolute atomic E-state index is 13.4. The van der Waals surface area contributed by atoms with Gasteiger partial charge in [0.2, 0.25) is 12.2 Å². The van der Waals surface area contributed by atoms with Gasteiger partial charge in [-0.25, -0.2) is 9.59 Å². The van der Waals surface area contributed by atoms with Crippen LogP contribution in [0.1, 0.15) is 48.4 Å². The number of amides is 2. The number of rotatable bonds is 13. The number of carboxylic acids is 1. The number of halogens is 3. The van der Waals surface area contributed by atoms with Gasteiger partial charge in [-0.05, 0) is 67.8 Å². The lowest BCUT2D eigenvalue weighted by Gasteiger charge is -2.25. The lowest BCUT2D eigenvalue weighted by atomic mass is 10.1. The Kier molecular flexibility index (Phi) is 15.5. The Morgan fingerprint density at radius 1 is 0.744 bits per heavy atom. The number of hydrogen-bond acceptors (Lipinski definition) is 13. The lowest BCUT2D eigenvalue weighted by molar-refractivity contribution is -0.181. The van der Waals surface area contributed by atoms with Crippen molar-refractivity contribution in [2.24, 2.45) is 0 Å². The second-order valence-corrected chi connectivity index (χ2v) is 11.4. The van der Waals surface area contributed by atoms with E-state index in [1.165, 1.54) is 0 Å². The van der Waals surface area contributed by atoms with Crippen LogP contribution in [0.4, 0.5) is 5.69 Å². The van der Waals surface area contributed by atoms with E-state index in [1.54, 1.807) is 67.8 Å². The van der Waals surface area contributed by atoms with E-state index < -0.39 is 65.9 Å². The number of anilines is 1. The number of methoxy groups -OCH3 is 1. The molecule has 0 bridgehead atoms. The third-order valence-corrected chi connectivity index (χ3v) is 8.09. The molecule has 3 N–H and O–H groups in total. The Morgan fingerprint density at radius 3 is 1.72 bits per heavy atom. The number of ether oxygens (including phenoxy) is 5. The third kappa shape index (κ3) is 11.3. The molecule has 0 saturated carbocycles. The van der Waals surface area contributed by atoms with Gasteiger partial charge in [-0.1, -0.05) is 0 Å². The molecule has 0 aliphatic heterocycles. The van der Waals surface area contributed by atoms with Crippen LogP contribution in [0.5, 0.6) is 0 Å². The summed E-state index contributed by atoms with van der Waals surface area (Å²) in [6, 6.07) is 0. The molecule has 0 aliphatic rings. The van der Waals surface area contributed by atoms with E-state index in [9.17, 15) is 43.5 Å². The molecule has 0 heterocycles. The molecule has 0 spiro atoms. The summed E-state index contributed by atoms with van der Waals surface area (Å²) in [5.74, 6) is -8.19. The fourth-order valence-corrected chi connectivity index (χ4v) is 7.58. The van der Waals surface area contributed by atoms with Crippen LogP contribution in [0, 0.1) is 10.7 Å². The minimum atomic E-state index is -2.07. The van der Waals surface area contributed by atoms with Crippen molar-refractivity contribution in [2.75, 3.05) is 25.6 Å². The van der Waals surface area contributed by atoms with E-state index in [-0.39, 0.29) is 40.7 Å². The predicted molar refractivity (Wildman–Crippen MR) is 168 cm³/mol. The first kappa shape index (κ1) is 38.2. The van der Waals surface area contributed by atoms with Crippen molar-refractivity contribution in [3.05, 3.63) is 21.8 Å². The third-order valence-electron chi connectivity index (χ3n) is 4.85. The SMILES string of the molecule is COC(=O)C(OC(C)=O)C(OC(C)=O)C(=O)Nc1c(I)c(C(=O)O)c(I)c(C(=O)NCC(COC(C)=O)OC(C)=O)c1I. The van der Waals surface area contributed by atoms with Crippen molar-refractivity contribution >= 4 is 121 Å². The summed E-state index contributed by atoms with van der Waals surface area (Å²) in [5, 5.41) is 14.7. The minimum Gasteiger partial charge on any atom is -0.478 e. The smallest absolute Gasteiger partial charge is 0.351 e. The Labute approximate surface area is 285 Å². The number of carbonyl (C=O) groups is 8. The normalized spacial score (nSPS) is 12.5. The number of hydrogen-bond donors (Lipinski definition) is 3. The first-order valence-corrected chi connectivity index (χ1v) is 14.9. The zero-order chi connectivity index (χ0) is 33.2. The summed E-state index contributed by atoms with van der Waals surface area (Å²) < 4.78 is 24.2. The quantitative estimate of drug-likeness (QED) is 0.144. The van der Waals surface area contributed by atoms with Gasteiger partial charge in [0, 0.05) is 31.3 Å². The minimum absolute atomic E-state index is 0.0231. The van der Waals surface area contributed by atoms with Crippen LogP contribution in [0.2, 0.25) is 0 Å². The van der Waals surface area contributed by atoms with Crippen molar-refractivity contribution in [3.63, 3.8) is 0 Å². The molecule has 3 unspecified atom stereocenters. The molecule has 16 nitrogen and oxygen atoms in total. The number of esters is 5. The summed E-state index contributed by atoms with van der Waals surface area (Å²) >= 11 is 4.93. The van der Waals surface area contributed by atoms with Gasteiger partial charge in [0.15, 0.2) is 6.10 Å². The maximum Gasteiger partial charge on any atom is 0.351 e. The molecule has 2 amide bonds. The molecule has 236 valence electrons. The molecule has 0 saturated heterocycles. The summed E-state index contributed by atoms with van der Waals surface area (Å²) in [6.07, 6.45) is -5.18. The second kappa shape index (κ2) is 17.5. The molecule has 1 aromatic carbocycles. The summed E-state index contributed by atoms with van der Waals surface area (Å²) in [4.78, 5) is 97.2. The Morgan fingerprint density at radius 2 is 1.26 bits per heavy atom. The highest BCUT2D eigenvalue weighted by Crippen LogP contribution is 2.36. The molecule has 0 aromatic heterocycles. The van der Waals surface area contributed by atoms with Crippen molar-refractivity contribution in [2.45, 2.75) is 46.0 Å². The summed E-state index contributed by atoms with van der Waals surface area (Å²) in [7, 11) is 0.939. The van der Waals surface area contributed by atoms with Gasteiger partial charge in [0.25, 0.3) is 11.8 Å². The molecule has 0 aliphatic carbocycles. The molecular weight excluding hydrogens is 921 g/mol. The molecule has 3 atom stereocenters. The van der Waals surface area contributed by atoms with Crippen LogP contribution in [0.15, 0.2) is 0 Å². The number of benzene rings is 1. The molecule has 1 rings (SSSR count). The highest BCUT2D eigenvalue weighted by atomic mass is 127. The number of carboxylic acid groups (broad SMARTS) is 1. The molecule has 0 fully saturated rings. The van der Waals surface area contributed by atoms with Gasteiger partial charge in [-0.15, -0.1) is 0 Å². The highest BCUT2D eigenvalue weighted by molar-refractivity contribution is 14.1. The second-order valence-electron chi connectivity index (χ2n) is 8.19. The first-order chi connectivity index (χ1) is 19.9. The largest absolute Gasteiger partial charge is 0.478 e. The average molecular weight is 946 g/mol. The fraction of sp³-hybridized carbons (Fsp3) is 0.417. The van der Waals surface area contributed by atoms with Gasteiger partial charge in [-0.3, -0.25) is 28.8 Å². The van der Waals surface area contributed by atoms with Crippen LogP contribution in [-0.2, 0) is 52.5 Å². The zero-order valence-corrected chi connectivity index (χ0v) is 29.5. The van der Waals surface area contributed by atoms with E-state index in [0.29, 0.717) is 0 Å². The van der Waals surface area contributed by atoms with Gasteiger partial charge >= 0.3 is 35.8 Å². The van der Waals surface area contributed by atoms with Crippen molar-refractivity contribution in [1.29, 1.82) is 0 Å². The first-order valence-electron chi connectivity index (χ1n) is 11.7. The van der Waals surface area contributed by atoms with E-state index in [0.717, 1.165) is 34.8 Å². The number of carbonyl (C=O) groups excluding carboxylic acids is 7. The van der Waals surface area contributed by atoms with Crippen molar-refractivity contribution < 1.29 is 67.1 Å². The monoisotopic (exact) mass is 946 g/mol. The molecule has 19 heteroatoms. The lowest BCUT2D eigenvalue weighted by Crippen LogP contribution is -2.48. The number of nitrogens with one attached hydrogen (secondary N) is 2. The highest BCUT2D eigenvalue weighted by Gasteiger charge is 2.41. The van der Waals surface area contributed by atoms with E-state index >= 15 is 0 Å².